The van der Waals surface area contributed by atoms with Gasteiger partial charge in [-0.2, -0.15) is 0 Å². The molecule has 0 N–H and O–H groups in total. The first-order valence-corrected chi connectivity index (χ1v) is 13.9. The number of halogens is 1. The van der Waals surface area contributed by atoms with E-state index >= 15 is 0 Å². The fourth-order valence-electron chi connectivity index (χ4n) is 4.51. The molecule has 1 aliphatic rings. The highest BCUT2D eigenvalue weighted by atomic mass is 35.5. The van der Waals surface area contributed by atoms with Gasteiger partial charge in [0.25, 0.3) is 11.2 Å². The highest BCUT2D eigenvalue weighted by Gasteiger charge is 2.33. The molecule has 0 spiro atoms. The molecule has 0 fully saturated rings. The van der Waals surface area contributed by atoms with Gasteiger partial charge in [-0.1, -0.05) is 47.2 Å². The van der Waals surface area contributed by atoms with E-state index in [1.807, 2.05) is 0 Å². The lowest BCUT2D eigenvalue weighted by Gasteiger charge is -2.24. The number of nitrogens with zero attached hydrogens (tertiary/aromatic N) is 4. The van der Waals surface area contributed by atoms with E-state index < -0.39 is 33.2 Å². The van der Waals surface area contributed by atoms with Crippen molar-refractivity contribution in [3.8, 4) is 11.5 Å². The predicted molar refractivity (Wildman–Crippen MR) is 158 cm³/mol. The van der Waals surface area contributed by atoms with Gasteiger partial charge in [0, 0.05) is 11.1 Å². The van der Waals surface area contributed by atoms with Gasteiger partial charge in [0.2, 0.25) is 5.75 Å². The van der Waals surface area contributed by atoms with E-state index in [0.717, 1.165) is 29.5 Å². The lowest BCUT2D eigenvalue weighted by Crippen LogP contribution is -2.39. The summed E-state index contributed by atoms with van der Waals surface area (Å²) >= 11 is 7.25. The predicted octanol–water partition coefficient (Wildman–Crippen LogP) is 5.06. The number of thiazole rings is 1. The van der Waals surface area contributed by atoms with E-state index in [2.05, 4.69) is 4.99 Å². The van der Waals surface area contributed by atoms with Crippen LogP contribution in [-0.4, -0.2) is 27.0 Å². The van der Waals surface area contributed by atoms with Crippen molar-refractivity contribution in [2.24, 2.45) is 4.99 Å². The largest absolute Gasteiger partial charge is 0.463 e. The number of aromatic nitrogens is 1. The van der Waals surface area contributed by atoms with E-state index in [0.29, 0.717) is 31.2 Å². The van der Waals surface area contributed by atoms with Gasteiger partial charge in [-0.3, -0.25) is 29.6 Å². The smallest absolute Gasteiger partial charge is 0.338 e. The first-order chi connectivity index (χ1) is 20.6. The lowest BCUT2D eigenvalue weighted by atomic mass is 9.96. The van der Waals surface area contributed by atoms with E-state index in [1.165, 1.54) is 4.57 Å². The quantitative estimate of drug-likeness (QED) is 0.150. The van der Waals surface area contributed by atoms with Crippen LogP contribution < -0.4 is 19.6 Å². The number of hydrogen-bond donors (Lipinski definition) is 0. The van der Waals surface area contributed by atoms with Crippen LogP contribution in [0, 0.1) is 20.2 Å². The molecule has 12 nitrogen and oxygen atoms in total. The number of hydrogen-bond acceptors (Lipinski definition) is 10. The Balaban J connectivity index is 1.51. The minimum atomic E-state index is -0.775. The van der Waals surface area contributed by atoms with Crippen LogP contribution in [0.2, 0.25) is 5.02 Å². The highest BCUT2D eigenvalue weighted by Crippen LogP contribution is 2.35. The van der Waals surface area contributed by atoms with Crippen LogP contribution in [0.15, 0.2) is 87.8 Å². The molecular weight excluding hydrogens is 600 g/mol. The third-order valence-corrected chi connectivity index (χ3v) is 7.69. The fourth-order valence-corrected chi connectivity index (χ4v) is 5.68. The van der Waals surface area contributed by atoms with Crippen molar-refractivity contribution in [3.63, 3.8) is 0 Å². The number of fused-ring (bicyclic) bond motifs is 1. The molecule has 0 saturated heterocycles. The summed E-state index contributed by atoms with van der Waals surface area (Å²) in [7, 11) is 0. The summed E-state index contributed by atoms with van der Waals surface area (Å²) in [6.45, 7) is 3.55. The van der Waals surface area contributed by atoms with Gasteiger partial charge in [-0.05, 0) is 61.4 Å². The fraction of sp³-hybridized carbons (Fsp3) is 0.138. The third-order valence-electron chi connectivity index (χ3n) is 6.46. The van der Waals surface area contributed by atoms with Gasteiger partial charge in [-0.25, -0.2) is 9.79 Å². The number of rotatable bonds is 8. The molecular formula is C29H21ClN4O8S. The number of allylic oxidation sites excluding steroid dienone is 1. The number of carbonyl (C=O) groups excluding carboxylic acids is 1. The van der Waals surface area contributed by atoms with Gasteiger partial charge in [0.1, 0.15) is 5.75 Å². The maximum absolute atomic E-state index is 13.7. The monoisotopic (exact) mass is 620 g/mol. The second-order valence-electron chi connectivity index (χ2n) is 9.19. The first kappa shape index (κ1) is 29.4. The second kappa shape index (κ2) is 12.0. The van der Waals surface area contributed by atoms with E-state index in [4.69, 9.17) is 21.1 Å². The van der Waals surface area contributed by atoms with Crippen LogP contribution in [0.1, 0.15) is 31.0 Å². The summed E-state index contributed by atoms with van der Waals surface area (Å²) in [6, 6.07) is 15.6. The molecule has 0 radical (unpaired) electrons. The summed E-state index contributed by atoms with van der Waals surface area (Å²) in [6.07, 6.45) is 1.66. The number of nitro benzene ring substituents is 2. The van der Waals surface area contributed by atoms with Crippen molar-refractivity contribution in [3.05, 3.63) is 134 Å². The minimum Gasteiger partial charge on any atom is -0.463 e. The molecule has 43 heavy (non-hydrogen) atoms. The van der Waals surface area contributed by atoms with Crippen molar-refractivity contribution in [1.29, 1.82) is 0 Å². The summed E-state index contributed by atoms with van der Waals surface area (Å²) in [5.74, 6) is -0.485. The standard InChI is InChI=1S/C29H21ClN4O8S/c1-3-41-28(36)25-16(2)31-29-32(26(25)18-6-8-19(30)9-7-18)27(35)24(43-29)14-17-4-11-21(12-5-17)42-23-13-10-20(33(37)38)15-22(23)34(39)40/h4-15,26H,3H2,1-2H3/b24-14-/t26-/m1/s1. The Morgan fingerprint density at radius 3 is 2.40 bits per heavy atom. The Morgan fingerprint density at radius 2 is 1.77 bits per heavy atom. The number of esters is 1. The Labute approximate surface area is 251 Å². The second-order valence-corrected chi connectivity index (χ2v) is 10.6. The van der Waals surface area contributed by atoms with Gasteiger partial charge in [0.15, 0.2) is 4.80 Å². The van der Waals surface area contributed by atoms with Crippen molar-refractivity contribution in [1.82, 2.24) is 4.57 Å². The number of carbonyl (C=O) groups is 1. The van der Waals surface area contributed by atoms with Crippen LogP contribution in [-0.2, 0) is 9.53 Å². The number of ether oxygens (including phenoxy) is 2. The van der Waals surface area contributed by atoms with Crippen molar-refractivity contribution in [2.45, 2.75) is 19.9 Å². The summed E-state index contributed by atoms with van der Waals surface area (Å²) in [5.41, 5.74) is 0.639. The zero-order chi connectivity index (χ0) is 30.8. The lowest BCUT2D eigenvalue weighted by molar-refractivity contribution is -0.394. The highest BCUT2D eigenvalue weighted by molar-refractivity contribution is 7.07. The van der Waals surface area contributed by atoms with Crippen LogP contribution in [0.3, 0.4) is 0 Å². The number of benzene rings is 3. The van der Waals surface area contributed by atoms with Crippen LogP contribution in [0.25, 0.3) is 6.08 Å². The van der Waals surface area contributed by atoms with E-state index in [1.54, 1.807) is 68.5 Å². The third kappa shape index (κ3) is 5.94. The first-order valence-electron chi connectivity index (χ1n) is 12.7. The van der Waals surface area contributed by atoms with Gasteiger partial charge in [0.05, 0.1) is 44.4 Å². The molecule has 0 aliphatic carbocycles. The minimum absolute atomic E-state index is 0.157. The van der Waals surface area contributed by atoms with Gasteiger partial charge in [-0.15, -0.1) is 0 Å². The Bertz CT molecular complexity index is 1980. The topological polar surface area (TPSA) is 156 Å². The maximum Gasteiger partial charge on any atom is 0.338 e. The van der Waals surface area contributed by atoms with E-state index in [9.17, 15) is 29.8 Å². The zero-order valence-electron chi connectivity index (χ0n) is 22.6. The summed E-state index contributed by atoms with van der Waals surface area (Å²) < 4.78 is 12.7. The molecule has 0 amide bonds. The zero-order valence-corrected chi connectivity index (χ0v) is 24.1. The molecule has 0 bridgehead atoms. The summed E-state index contributed by atoms with van der Waals surface area (Å²) in [4.78, 5) is 52.6. The van der Waals surface area contributed by atoms with Crippen LogP contribution in [0.5, 0.6) is 11.5 Å². The molecule has 2 heterocycles. The molecule has 3 aromatic carbocycles. The van der Waals surface area contributed by atoms with Gasteiger partial charge < -0.3 is 9.47 Å². The molecule has 0 unspecified atom stereocenters. The average molecular weight is 621 g/mol. The maximum atomic E-state index is 13.7. The Hall–Kier alpha value is -5.14. The molecule has 1 aromatic heterocycles. The molecule has 1 atom stereocenters. The van der Waals surface area contributed by atoms with Crippen molar-refractivity contribution < 1.29 is 24.1 Å². The average Bonchev–Trinajstić information content (AvgIpc) is 3.27. The van der Waals surface area contributed by atoms with Crippen molar-refractivity contribution in [2.75, 3.05) is 6.61 Å². The normalized spacial score (nSPS) is 14.6. The number of non-ortho nitro benzene ring substituents is 1. The van der Waals surface area contributed by atoms with Crippen molar-refractivity contribution >= 4 is 46.4 Å². The molecule has 0 saturated carbocycles. The number of nitro groups is 2. The molecule has 4 aromatic rings. The Kier molecular flexibility index (Phi) is 8.19. The molecule has 218 valence electrons. The molecule has 14 heteroatoms. The summed E-state index contributed by atoms with van der Waals surface area (Å²) in [5, 5.41) is 22.9. The molecule has 5 rings (SSSR count). The van der Waals surface area contributed by atoms with Crippen LogP contribution in [0.4, 0.5) is 11.4 Å². The molecule has 1 aliphatic heterocycles. The SMILES string of the molecule is CCOC(=O)C1=C(C)N=c2s/c(=C\c3ccc(Oc4ccc([N+](=O)[O-])cc4[N+](=O)[O-])cc3)c(=O)n2[C@@H]1c1ccc(Cl)cc1. The van der Waals surface area contributed by atoms with Crippen LogP contribution >= 0.6 is 22.9 Å². The van der Waals surface area contributed by atoms with Gasteiger partial charge >= 0.3 is 11.7 Å². The van der Waals surface area contributed by atoms with E-state index in [-0.39, 0.29) is 29.2 Å². The Morgan fingerprint density at radius 1 is 1.07 bits per heavy atom.